The lowest BCUT2D eigenvalue weighted by atomic mass is 10.1. The van der Waals surface area contributed by atoms with E-state index in [1.54, 1.807) is 49.4 Å². The molecule has 3 aromatic rings. The van der Waals surface area contributed by atoms with E-state index in [4.69, 9.17) is 23.2 Å². The summed E-state index contributed by atoms with van der Waals surface area (Å²) in [6.07, 6.45) is 0.719. The second kappa shape index (κ2) is 8.54. The second-order valence-corrected chi connectivity index (χ2v) is 7.03. The molecule has 1 amide bonds. The van der Waals surface area contributed by atoms with Crippen molar-refractivity contribution in [3.05, 3.63) is 74.1 Å². The average Bonchev–Trinajstić information content (AvgIpc) is 2.70. The van der Waals surface area contributed by atoms with Crippen molar-refractivity contribution >= 4 is 45.6 Å². The highest BCUT2D eigenvalue weighted by Gasteiger charge is 2.16. The van der Waals surface area contributed by atoms with Gasteiger partial charge in [0, 0.05) is 27.5 Å². The minimum Gasteiger partial charge on any atom is -0.267 e. The van der Waals surface area contributed by atoms with Crippen molar-refractivity contribution in [3.8, 4) is 0 Å². The molecule has 0 saturated carbocycles. The van der Waals surface area contributed by atoms with Gasteiger partial charge in [-0.3, -0.25) is 9.59 Å². The van der Waals surface area contributed by atoms with Gasteiger partial charge < -0.3 is 0 Å². The molecule has 0 radical (unpaired) electrons. The molecule has 0 spiro atoms. The number of halogens is 2. The van der Waals surface area contributed by atoms with Crippen molar-refractivity contribution in [3.63, 3.8) is 0 Å². The maximum Gasteiger partial charge on any atom is 0.292 e. The normalized spacial score (nSPS) is 11.6. The minimum atomic E-state index is -0.515. The molecule has 0 saturated heterocycles. The number of benzene rings is 2. The summed E-state index contributed by atoms with van der Waals surface area (Å²) in [7, 11) is 0. The molecule has 0 bridgehead atoms. The summed E-state index contributed by atoms with van der Waals surface area (Å²) in [6, 6.07) is 11.9. The molecule has 0 aliphatic rings. The van der Waals surface area contributed by atoms with Gasteiger partial charge in [0.05, 0.1) is 11.1 Å². The lowest BCUT2D eigenvalue weighted by Gasteiger charge is -2.10. The fraction of sp³-hybridized carbons (Fsp3) is 0.200. The number of hydrazone groups is 1. The monoisotopic (exact) mass is 416 g/mol. The summed E-state index contributed by atoms with van der Waals surface area (Å²) in [4.78, 5) is 25.3. The van der Waals surface area contributed by atoms with Gasteiger partial charge in [0.2, 0.25) is 0 Å². The molecular weight excluding hydrogens is 399 g/mol. The molecule has 0 atom stereocenters. The number of aryl methyl sites for hydroxylation is 1. The summed E-state index contributed by atoms with van der Waals surface area (Å²) >= 11 is 12.2. The van der Waals surface area contributed by atoms with Gasteiger partial charge in [0.25, 0.3) is 11.5 Å². The van der Waals surface area contributed by atoms with Crippen LogP contribution in [-0.2, 0) is 6.54 Å². The van der Waals surface area contributed by atoms with E-state index in [1.165, 1.54) is 4.68 Å². The van der Waals surface area contributed by atoms with Gasteiger partial charge in [-0.2, -0.15) is 10.2 Å². The van der Waals surface area contributed by atoms with Crippen LogP contribution in [0.25, 0.3) is 10.8 Å². The first kappa shape index (κ1) is 20.0. The predicted molar refractivity (Wildman–Crippen MR) is 112 cm³/mol. The van der Waals surface area contributed by atoms with Crippen LogP contribution in [0, 0.1) is 0 Å². The second-order valence-electron chi connectivity index (χ2n) is 6.18. The molecule has 3 rings (SSSR count). The van der Waals surface area contributed by atoms with E-state index in [0.717, 1.165) is 6.42 Å². The van der Waals surface area contributed by atoms with Gasteiger partial charge in [-0.1, -0.05) is 48.3 Å². The molecule has 0 aliphatic heterocycles. The molecular formula is C20H18Cl2N4O2. The highest BCUT2D eigenvalue weighted by molar-refractivity contribution is 6.36. The lowest BCUT2D eigenvalue weighted by Crippen LogP contribution is -2.29. The summed E-state index contributed by atoms with van der Waals surface area (Å²) in [5.74, 6) is -0.515. The number of amides is 1. The van der Waals surface area contributed by atoms with Crippen LogP contribution in [-0.4, -0.2) is 21.4 Å². The Morgan fingerprint density at radius 3 is 2.61 bits per heavy atom. The highest BCUT2D eigenvalue weighted by Crippen LogP contribution is 2.21. The number of aromatic nitrogens is 2. The van der Waals surface area contributed by atoms with Crippen LogP contribution in [0.15, 0.2) is 52.4 Å². The first-order chi connectivity index (χ1) is 13.4. The van der Waals surface area contributed by atoms with Crippen LogP contribution in [0.5, 0.6) is 0 Å². The summed E-state index contributed by atoms with van der Waals surface area (Å²) in [6.45, 7) is 4.07. The van der Waals surface area contributed by atoms with Crippen LogP contribution in [0.3, 0.4) is 0 Å². The van der Waals surface area contributed by atoms with Gasteiger partial charge in [0.1, 0.15) is 0 Å². The van der Waals surface area contributed by atoms with Gasteiger partial charge >= 0.3 is 0 Å². The fourth-order valence-corrected chi connectivity index (χ4v) is 3.22. The first-order valence-electron chi connectivity index (χ1n) is 8.72. The van der Waals surface area contributed by atoms with E-state index in [9.17, 15) is 9.59 Å². The molecule has 1 N–H and O–H groups in total. The molecule has 6 nitrogen and oxygen atoms in total. The molecule has 1 aromatic heterocycles. The molecule has 144 valence electrons. The largest absolute Gasteiger partial charge is 0.292 e. The Kier molecular flexibility index (Phi) is 6.11. The highest BCUT2D eigenvalue weighted by atomic mass is 35.5. The van der Waals surface area contributed by atoms with Gasteiger partial charge in [0.15, 0.2) is 5.69 Å². The SMILES string of the molecule is CCCn1nc(C(=O)N/N=C(/C)c2cc(Cl)ccc2Cl)c2ccccc2c1=O. The zero-order chi connectivity index (χ0) is 20.3. The van der Waals surface area contributed by atoms with E-state index < -0.39 is 5.91 Å². The van der Waals surface area contributed by atoms with Crippen LogP contribution in [0.4, 0.5) is 0 Å². The molecule has 0 unspecified atom stereocenters. The molecule has 1 heterocycles. The van der Waals surface area contributed by atoms with Crippen molar-refractivity contribution in [1.29, 1.82) is 0 Å². The summed E-state index contributed by atoms with van der Waals surface area (Å²) < 4.78 is 1.31. The maximum absolute atomic E-state index is 12.8. The standard InChI is InChI=1S/C20H18Cl2N4O2/c1-3-10-26-20(28)15-7-5-4-6-14(15)18(25-26)19(27)24-23-12(2)16-11-13(21)8-9-17(16)22/h4-9,11H,3,10H2,1-2H3,(H,24,27)/b23-12-. The van der Waals surface area contributed by atoms with Gasteiger partial charge in [-0.25, -0.2) is 10.1 Å². The lowest BCUT2D eigenvalue weighted by molar-refractivity contribution is 0.0949. The third-order valence-electron chi connectivity index (χ3n) is 4.16. The smallest absolute Gasteiger partial charge is 0.267 e. The number of fused-ring (bicyclic) bond motifs is 1. The number of nitrogens with zero attached hydrogens (tertiary/aromatic N) is 3. The van der Waals surface area contributed by atoms with Crippen LogP contribution in [0.2, 0.25) is 10.0 Å². The van der Waals surface area contributed by atoms with Crippen molar-refractivity contribution < 1.29 is 4.79 Å². The predicted octanol–water partition coefficient (Wildman–Crippen LogP) is 4.27. The Labute approximate surface area is 171 Å². The molecule has 0 fully saturated rings. The van der Waals surface area contributed by atoms with E-state index in [-0.39, 0.29) is 11.3 Å². The third-order valence-corrected chi connectivity index (χ3v) is 4.73. The summed E-state index contributed by atoms with van der Waals surface area (Å²) in [5.41, 5.74) is 3.51. The Balaban J connectivity index is 1.98. The van der Waals surface area contributed by atoms with Crippen LogP contribution < -0.4 is 11.0 Å². The Hall–Kier alpha value is -2.70. The molecule has 8 heteroatoms. The van der Waals surface area contributed by atoms with E-state index in [2.05, 4.69) is 15.6 Å². The Bertz CT molecular complexity index is 1140. The van der Waals surface area contributed by atoms with Crippen molar-refractivity contribution in [2.75, 3.05) is 0 Å². The number of hydrogen-bond acceptors (Lipinski definition) is 4. The molecule has 0 aliphatic carbocycles. The summed E-state index contributed by atoms with van der Waals surface area (Å²) in [5, 5.41) is 10.3. The number of rotatable bonds is 5. The van der Waals surface area contributed by atoms with Crippen molar-refractivity contribution in [1.82, 2.24) is 15.2 Å². The minimum absolute atomic E-state index is 0.136. The van der Waals surface area contributed by atoms with Crippen LogP contribution >= 0.6 is 23.2 Å². The molecule has 2 aromatic carbocycles. The topological polar surface area (TPSA) is 76.3 Å². The van der Waals surface area contributed by atoms with E-state index in [0.29, 0.717) is 38.6 Å². The zero-order valence-corrected chi connectivity index (χ0v) is 16.9. The van der Waals surface area contributed by atoms with Crippen molar-refractivity contribution in [2.45, 2.75) is 26.8 Å². The van der Waals surface area contributed by atoms with Crippen LogP contribution in [0.1, 0.15) is 36.3 Å². The van der Waals surface area contributed by atoms with E-state index in [1.807, 2.05) is 6.92 Å². The molecule has 28 heavy (non-hydrogen) atoms. The fourth-order valence-electron chi connectivity index (χ4n) is 2.79. The van der Waals surface area contributed by atoms with E-state index >= 15 is 0 Å². The zero-order valence-electron chi connectivity index (χ0n) is 15.4. The third kappa shape index (κ3) is 4.08. The maximum atomic E-state index is 12.8. The number of carbonyl (C=O) groups is 1. The number of hydrogen-bond donors (Lipinski definition) is 1. The quantitative estimate of drug-likeness (QED) is 0.498. The Morgan fingerprint density at radius 2 is 1.89 bits per heavy atom. The number of carbonyl (C=O) groups excluding carboxylic acids is 1. The van der Waals surface area contributed by atoms with Gasteiger partial charge in [-0.15, -0.1) is 0 Å². The van der Waals surface area contributed by atoms with Crippen molar-refractivity contribution in [2.24, 2.45) is 5.10 Å². The van der Waals surface area contributed by atoms with Gasteiger partial charge in [-0.05, 0) is 37.6 Å². The average molecular weight is 417 g/mol. The Morgan fingerprint density at radius 1 is 1.18 bits per heavy atom. The first-order valence-corrected chi connectivity index (χ1v) is 9.48. The number of nitrogens with one attached hydrogen (secondary N) is 1.